The lowest BCUT2D eigenvalue weighted by Crippen LogP contribution is -2.20. The van der Waals surface area contributed by atoms with Gasteiger partial charge in [-0.15, -0.1) is 0 Å². The van der Waals surface area contributed by atoms with Crippen LogP contribution in [0.5, 0.6) is 5.75 Å². The third kappa shape index (κ3) is 5.00. The van der Waals surface area contributed by atoms with Crippen molar-refractivity contribution in [2.24, 2.45) is 5.10 Å². The van der Waals surface area contributed by atoms with Crippen molar-refractivity contribution in [1.29, 1.82) is 0 Å². The maximum absolute atomic E-state index is 12.5. The van der Waals surface area contributed by atoms with Crippen molar-refractivity contribution >= 4 is 17.3 Å². The van der Waals surface area contributed by atoms with Gasteiger partial charge in [0.25, 0.3) is 5.91 Å². The summed E-state index contributed by atoms with van der Waals surface area (Å²) >= 11 is 0. The van der Waals surface area contributed by atoms with Crippen LogP contribution in [-0.4, -0.2) is 32.3 Å². The van der Waals surface area contributed by atoms with Crippen molar-refractivity contribution in [3.8, 4) is 5.75 Å². The SMILES string of the molecule is C/C(=N\NC(=O)c1cccc(N(C)C)c1)c1ccccc1OC(F)F. The summed E-state index contributed by atoms with van der Waals surface area (Å²) in [7, 11) is 3.75. The van der Waals surface area contributed by atoms with Crippen molar-refractivity contribution in [1.82, 2.24) is 5.43 Å². The number of benzene rings is 2. The van der Waals surface area contributed by atoms with Gasteiger partial charge in [-0.1, -0.05) is 18.2 Å². The average molecular weight is 347 g/mol. The molecule has 0 fully saturated rings. The topological polar surface area (TPSA) is 53.9 Å². The van der Waals surface area contributed by atoms with Crippen LogP contribution in [0.4, 0.5) is 14.5 Å². The third-order valence-corrected chi connectivity index (χ3v) is 3.44. The van der Waals surface area contributed by atoms with E-state index in [0.717, 1.165) is 5.69 Å². The number of halogens is 2. The second-order valence-corrected chi connectivity index (χ2v) is 5.46. The number of para-hydroxylation sites is 1. The van der Waals surface area contributed by atoms with Gasteiger partial charge in [0.15, 0.2) is 0 Å². The Balaban J connectivity index is 2.16. The molecule has 0 heterocycles. The minimum absolute atomic E-state index is 0.00241. The summed E-state index contributed by atoms with van der Waals surface area (Å²) in [6, 6.07) is 13.3. The van der Waals surface area contributed by atoms with Gasteiger partial charge in [-0.2, -0.15) is 13.9 Å². The van der Waals surface area contributed by atoms with Crippen molar-refractivity contribution in [3.63, 3.8) is 0 Å². The number of hydrogen-bond donors (Lipinski definition) is 1. The van der Waals surface area contributed by atoms with Gasteiger partial charge in [-0.3, -0.25) is 4.79 Å². The molecule has 0 unspecified atom stereocenters. The maximum atomic E-state index is 12.5. The van der Waals surface area contributed by atoms with Crippen molar-refractivity contribution in [2.45, 2.75) is 13.5 Å². The van der Waals surface area contributed by atoms with Gasteiger partial charge in [0.1, 0.15) is 5.75 Å². The van der Waals surface area contributed by atoms with E-state index in [1.807, 2.05) is 25.1 Å². The van der Waals surface area contributed by atoms with Crippen LogP contribution in [0.3, 0.4) is 0 Å². The number of ether oxygens (including phenoxy) is 1. The number of nitrogens with zero attached hydrogens (tertiary/aromatic N) is 2. The van der Waals surface area contributed by atoms with Gasteiger partial charge in [0, 0.05) is 30.9 Å². The first-order chi connectivity index (χ1) is 11.9. The largest absolute Gasteiger partial charge is 0.434 e. The zero-order valence-corrected chi connectivity index (χ0v) is 14.2. The van der Waals surface area contributed by atoms with Gasteiger partial charge in [0.2, 0.25) is 0 Å². The Morgan fingerprint density at radius 2 is 1.88 bits per heavy atom. The highest BCUT2D eigenvalue weighted by molar-refractivity contribution is 6.02. The molecule has 132 valence electrons. The van der Waals surface area contributed by atoms with Crippen LogP contribution in [-0.2, 0) is 0 Å². The lowest BCUT2D eigenvalue weighted by Gasteiger charge is -2.13. The van der Waals surface area contributed by atoms with Gasteiger partial charge in [-0.05, 0) is 37.3 Å². The van der Waals surface area contributed by atoms with Crippen molar-refractivity contribution in [2.75, 3.05) is 19.0 Å². The molecule has 0 aliphatic carbocycles. The number of carbonyl (C=O) groups is 1. The second kappa shape index (κ2) is 8.23. The van der Waals surface area contributed by atoms with E-state index in [1.165, 1.54) is 6.07 Å². The highest BCUT2D eigenvalue weighted by Gasteiger charge is 2.12. The molecule has 0 aliphatic heterocycles. The molecule has 7 heteroatoms. The van der Waals surface area contributed by atoms with Crippen LogP contribution < -0.4 is 15.1 Å². The van der Waals surface area contributed by atoms with E-state index in [9.17, 15) is 13.6 Å². The smallest absolute Gasteiger partial charge is 0.387 e. The van der Waals surface area contributed by atoms with Crippen LogP contribution in [0.15, 0.2) is 53.6 Å². The molecule has 2 aromatic rings. The van der Waals surface area contributed by atoms with E-state index in [-0.39, 0.29) is 5.75 Å². The maximum Gasteiger partial charge on any atom is 0.387 e. The van der Waals surface area contributed by atoms with Crippen molar-refractivity contribution in [3.05, 3.63) is 59.7 Å². The first-order valence-corrected chi connectivity index (χ1v) is 7.54. The lowest BCUT2D eigenvalue weighted by molar-refractivity contribution is -0.0499. The summed E-state index contributed by atoms with van der Waals surface area (Å²) in [5.74, 6) is -0.391. The minimum Gasteiger partial charge on any atom is -0.434 e. The van der Waals surface area contributed by atoms with E-state index in [4.69, 9.17) is 0 Å². The Morgan fingerprint density at radius 1 is 1.16 bits per heavy atom. The van der Waals surface area contributed by atoms with Crippen LogP contribution in [0.2, 0.25) is 0 Å². The number of amides is 1. The number of hydrogen-bond acceptors (Lipinski definition) is 4. The Bertz CT molecular complexity index is 776. The summed E-state index contributed by atoms with van der Waals surface area (Å²) in [4.78, 5) is 14.1. The number of nitrogens with one attached hydrogen (secondary N) is 1. The Kier molecular flexibility index (Phi) is 6.05. The van der Waals surface area contributed by atoms with E-state index >= 15 is 0 Å². The summed E-state index contributed by atoms with van der Waals surface area (Å²) < 4.78 is 29.4. The van der Waals surface area contributed by atoms with E-state index in [1.54, 1.807) is 43.3 Å². The Hall–Kier alpha value is -2.96. The summed E-state index contributed by atoms with van der Waals surface area (Å²) in [5, 5.41) is 3.99. The predicted molar refractivity (Wildman–Crippen MR) is 93.5 cm³/mol. The number of hydrazone groups is 1. The quantitative estimate of drug-likeness (QED) is 0.643. The van der Waals surface area contributed by atoms with Crippen LogP contribution >= 0.6 is 0 Å². The molecule has 0 atom stereocenters. The standard InChI is InChI=1S/C18H19F2N3O2/c1-12(15-9-4-5-10-16(15)25-18(19)20)21-22-17(24)13-7-6-8-14(11-13)23(2)3/h4-11,18H,1-3H3,(H,22,24)/b21-12+. The fraction of sp³-hybridized carbons (Fsp3) is 0.222. The molecule has 2 rings (SSSR count). The molecule has 25 heavy (non-hydrogen) atoms. The minimum atomic E-state index is -2.93. The summed E-state index contributed by atoms with van der Waals surface area (Å²) in [5.41, 5.74) is 4.49. The number of anilines is 1. The second-order valence-electron chi connectivity index (χ2n) is 5.46. The van der Waals surface area contributed by atoms with Crippen molar-refractivity contribution < 1.29 is 18.3 Å². The molecule has 0 bridgehead atoms. The number of carbonyl (C=O) groups excluding carboxylic acids is 1. The molecular formula is C18H19F2N3O2. The highest BCUT2D eigenvalue weighted by atomic mass is 19.3. The van der Waals surface area contributed by atoms with Gasteiger partial charge >= 0.3 is 6.61 Å². The monoisotopic (exact) mass is 347 g/mol. The first-order valence-electron chi connectivity index (χ1n) is 7.54. The van der Waals surface area contributed by atoms with E-state index < -0.39 is 12.5 Å². The number of alkyl halides is 2. The molecule has 2 aromatic carbocycles. The zero-order chi connectivity index (χ0) is 18.4. The first kappa shape index (κ1) is 18.4. The predicted octanol–water partition coefficient (Wildman–Crippen LogP) is 3.51. The molecule has 5 nitrogen and oxygen atoms in total. The molecule has 0 aliphatic rings. The third-order valence-electron chi connectivity index (χ3n) is 3.44. The summed E-state index contributed by atoms with van der Waals surface area (Å²) in [6.45, 7) is -1.33. The zero-order valence-electron chi connectivity index (χ0n) is 14.2. The molecule has 1 N–H and O–H groups in total. The molecule has 0 aromatic heterocycles. The average Bonchev–Trinajstić information content (AvgIpc) is 2.59. The normalized spacial score (nSPS) is 11.4. The Labute approximate surface area is 144 Å². The molecule has 0 spiro atoms. The van der Waals surface area contributed by atoms with Gasteiger partial charge in [0.05, 0.1) is 5.71 Å². The fourth-order valence-corrected chi connectivity index (χ4v) is 2.15. The molecule has 1 amide bonds. The van der Waals surface area contributed by atoms with Gasteiger partial charge in [-0.25, -0.2) is 5.43 Å². The lowest BCUT2D eigenvalue weighted by atomic mass is 10.1. The van der Waals surface area contributed by atoms with Crippen LogP contribution in [0, 0.1) is 0 Å². The van der Waals surface area contributed by atoms with E-state index in [0.29, 0.717) is 16.8 Å². The Morgan fingerprint density at radius 3 is 2.56 bits per heavy atom. The molecule has 0 radical (unpaired) electrons. The molecule has 0 saturated heterocycles. The highest BCUT2D eigenvalue weighted by Crippen LogP contribution is 2.21. The summed E-state index contributed by atoms with van der Waals surface area (Å²) in [6.07, 6.45) is 0. The van der Waals surface area contributed by atoms with Crippen LogP contribution in [0.25, 0.3) is 0 Å². The number of rotatable bonds is 6. The van der Waals surface area contributed by atoms with E-state index in [2.05, 4.69) is 15.3 Å². The molecular weight excluding hydrogens is 328 g/mol. The van der Waals surface area contributed by atoms with Crippen LogP contribution in [0.1, 0.15) is 22.8 Å². The molecule has 0 saturated carbocycles. The van der Waals surface area contributed by atoms with Gasteiger partial charge < -0.3 is 9.64 Å². The fourth-order valence-electron chi connectivity index (χ4n) is 2.15.